The number of amides is 4. The third-order valence-corrected chi connectivity index (χ3v) is 11.8. The van der Waals surface area contributed by atoms with Crippen LogP contribution in [-0.2, 0) is 105 Å². The number of hydrogen-bond acceptors (Lipinski definition) is 17. The molecule has 14 N–H and O–H groups in total. The Morgan fingerprint density at radius 1 is 0.863 bits per heavy atom. The van der Waals surface area contributed by atoms with Gasteiger partial charge in [0.25, 0.3) is 0 Å². The van der Waals surface area contributed by atoms with Gasteiger partial charge in [0, 0.05) is 83.7 Å². The van der Waals surface area contributed by atoms with Crippen molar-refractivity contribution in [3.8, 4) is 0 Å². The number of nitrogens with one attached hydrogen (secondary N) is 8. The van der Waals surface area contributed by atoms with Gasteiger partial charge in [0.05, 0.1) is 57.8 Å². The Balaban J connectivity index is 0. The van der Waals surface area contributed by atoms with Crippen molar-refractivity contribution in [1.29, 1.82) is 10.8 Å². The molecule has 0 aliphatic heterocycles. The van der Waals surface area contributed by atoms with Crippen molar-refractivity contribution in [2.45, 2.75) is 162 Å². The summed E-state index contributed by atoms with van der Waals surface area (Å²) in [6.45, 7) is 15.9. The number of aryl methyl sites for hydroxylation is 1. The van der Waals surface area contributed by atoms with Gasteiger partial charge in [-0.25, -0.2) is 9.87 Å². The number of unbranched alkanes of at least 4 members (excludes halogenated alkanes) is 1. The SMILES string of the molecule is CCCCc1nc(C(=N)N)c(C(=N)OC(C)C)n1CC1CCCCC1.CNC(C(=O)N[C@@H](C)C(=O)Nc1ccc(COO)cc1)C(C)C.C[NH-].NCCOCCOCCOCCNC(=O)CCCC(=O)N[C@H](C=O)CCC(=O)O.[Y]. The van der Waals surface area contributed by atoms with E-state index in [2.05, 4.69) is 47.9 Å². The molecule has 3 atom stereocenters. The average Bonchev–Trinajstić information content (AvgIpc) is 3.78. The van der Waals surface area contributed by atoms with Gasteiger partial charge < -0.3 is 77.2 Å². The number of anilines is 1. The molecule has 3 rings (SSSR count). The van der Waals surface area contributed by atoms with E-state index in [9.17, 15) is 28.8 Å². The number of carbonyl (C=O) groups is 6. The summed E-state index contributed by atoms with van der Waals surface area (Å²) in [5.74, 6) is -0.492. The van der Waals surface area contributed by atoms with Crippen LogP contribution in [0.15, 0.2) is 24.3 Å². The summed E-state index contributed by atoms with van der Waals surface area (Å²) in [5, 5.41) is 46.7. The molecule has 1 aromatic heterocycles. The molecule has 25 nitrogen and oxygen atoms in total. The van der Waals surface area contributed by atoms with Crippen LogP contribution in [0, 0.1) is 22.7 Å². The standard InChI is InChI=1S/C19H33N5O.C18H33N3O8.C16H25N3O4.CH4N.Y/c1-4-5-11-15-23-16(18(20)21)17(19(22)25-13(2)3)24(15)12-14-9-7-6-8-10-14;19-6-8-27-10-12-29-13-11-28-9-7-20-16(23)2-1-3-17(24)21-15(14-22)4-5-18(25)26;1-10(2)14(17-4)16(21)18-11(3)15(20)19-13-7-5-12(6-8-13)9-23-22;1-2;/h13-14,22H,4-12H2,1-3H3,(H3,20,21);14-15H,1-13,19H2,(H,20,23)(H,21,24)(H,25,26);5-8,10-11,14,17,22H,9H2,1-4H3,(H,18,21)(H,19,20);2H,1H3;/q;;;-1;/t;15-;11-,14?;;/m.00../s1. The number of aromatic nitrogens is 2. The minimum atomic E-state index is -1.03. The molecule has 2 aromatic rings. The first-order valence-corrected chi connectivity index (χ1v) is 27.3. The summed E-state index contributed by atoms with van der Waals surface area (Å²) in [6, 6.07) is 5.03. The second-order valence-corrected chi connectivity index (χ2v) is 19.1. The van der Waals surface area contributed by atoms with Crippen molar-refractivity contribution in [3.05, 3.63) is 52.8 Å². The summed E-state index contributed by atoms with van der Waals surface area (Å²) >= 11 is 0. The monoisotopic (exact) mass is 1210 g/mol. The number of ether oxygens (including phenoxy) is 4. The summed E-state index contributed by atoms with van der Waals surface area (Å²) in [5.41, 5.74) is 19.2. The number of aldehydes is 1. The Bertz CT molecular complexity index is 2060. The van der Waals surface area contributed by atoms with Crippen LogP contribution in [0.25, 0.3) is 5.73 Å². The molecule has 1 aliphatic rings. The van der Waals surface area contributed by atoms with Crippen LogP contribution in [0.1, 0.15) is 141 Å². The third-order valence-electron chi connectivity index (χ3n) is 11.8. The summed E-state index contributed by atoms with van der Waals surface area (Å²) < 4.78 is 23.5. The molecule has 0 bridgehead atoms. The predicted molar refractivity (Wildman–Crippen MR) is 303 cm³/mol. The second kappa shape index (κ2) is 47.8. The zero-order chi connectivity index (χ0) is 59.5. The number of nitrogens with two attached hydrogens (primary N) is 2. The van der Waals surface area contributed by atoms with Crippen molar-refractivity contribution in [2.75, 3.05) is 72.1 Å². The van der Waals surface area contributed by atoms with Crippen LogP contribution in [0.2, 0.25) is 0 Å². The minimum absolute atomic E-state index is 0. The number of rotatable bonds is 36. The molecule has 0 spiro atoms. The summed E-state index contributed by atoms with van der Waals surface area (Å²) in [7, 11) is 2.96. The molecule has 1 fully saturated rings. The summed E-state index contributed by atoms with van der Waals surface area (Å²) in [4.78, 5) is 77.6. The zero-order valence-corrected chi connectivity index (χ0v) is 51.5. The molecule has 26 heteroatoms. The molecule has 80 heavy (non-hydrogen) atoms. The van der Waals surface area contributed by atoms with Gasteiger partial charge in [-0.05, 0) is 89.5 Å². The van der Waals surface area contributed by atoms with E-state index in [0.29, 0.717) is 88.4 Å². The molecule has 1 aromatic carbocycles. The molecular formula is C54H95N12O13Y-. The van der Waals surface area contributed by atoms with Crippen LogP contribution < -0.4 is 38.1 Å². The number of aliphatic carboxylic acids is 1. The van der Waals surface area contributed by atoms with Crippen LogP contribution in [0.5, 0.6) is 0 Å². The van der Waals surface area contributed by atoms with Gasteiger partial charge in [-0.2, -0.15) is 7.05 Å². The van der Waals surface area contributed by atoms with Gasteiger partial charge in [0.15, 0.2) is 0 Å². The molecule has 0 saturated heterocycles. The molecule has 453 valence electrons. The maximum atomic E-state index is 12.1. The molecule has 1 aliphatic carbocycles. The molecule has 1 saturated carbocycles. The van der Waals surface area contributed by atoms with E-state index in [0.717, 1.165) is 37.2 Å². The number of likely N-dealkylation sites (N-methyl/N-ethyl adjacent to an activating group) is 1. The van der Waals surface area contributed by atoms with E-state index in [1.165, 1.54) is 39.2 Å². The predicted octanol–water partition coefficient (Wildman–Crippen LogP) is 4.70. The van der Waals surface area contributed by atoms with Gasteiger partial charge in [-0.3, -0.25) is 40.0 Å². The van der Waals surface area contributed by atoms with E-state index in [1.807, 2.05) is 27.7 Å². The van der Waals surface area contributed by atoms with Crippen molar-refractivity contribution in [1.82, 2.24) is 30.8 Å². The molecule has 1 unspecified atom stereocenters. The Morgan fingerprint density at radius 3 is 1.99 bits per heavy atom. The van der Waals surface area contributed by atoms with E-state index < -0.39 is 24.0 Å². The quantitative estimate of drug-likeness (QED) is 0.0110. The first-order chi connectivity index (χ1) is 37.8. The van der Waals surface area contributed by atoms with E-state index >= 15 is 0 Å². The van der Waals surface area contributed by atoms with Crippen LogP contribution in [0.4, 0.5) is 5.69 Å². The van der Waals surface area contributed by atoms with Crippen LogP contribution >= 0.6 is 0 Å². The van der Waals surface area contributed by atoms with Gasteiger partial charge in [0.1, 0.15) is 42.0 Å². The van der Waals surface area contributed by atoms with E-state index in [-0.39, 0.29) is 113 Å². The number of benzene rings is 1. The van der Waals surface area contributed by atoms with Gasteiger partial charge >= 0.3 is 5.97 Å². The second-order valence-electron chi connectivity index (χ2n) is 19.1. The first kappa shape index (κ1) is 77.2. The minimum Gasteiger partial charge on any atom is -0.680 e. The Labute approximate surface area is 498 Å². The number of nitrogens with zero attached hydrogens (tertiary/aromatic N) is 2. The number of nitrogen functional groups attached to an aromatic ring is 1. The topological polar surface area (TPSA) is 391 Å². The number of carboxylic acids is 1. The van der Waals surface area contributed by atoms with Crippen molar-refractivity contribution in [3.63, 3.8) is 0 Å². The van der Waals surface area contributed by atoms with Crippen LogP contribution in [0.3, 0.4) is 0 Å². The largest absolute Gasteiger partial charge is 0.680 e. The fourth-order valence-electron chi connectivity index (χ4n) is 7.82. The zero-order valence-electron chi connectivity index (χ0n) is 48.6. The molecule has 4 amide bonds. The van der Waals surface area contributed by atoms with E-state index in [1.54, 1.807) is 38.2 Å². The van der Waals surface area contributed by atoms with Crippen molar-refractivity contribution in [2.24, 2.45) is 23.3 Å². The molecular weight excluding hydrogens is 1110 g/mol. The maximum Gasteiger partial charge on any atom is 0.303 e. The van der Waals surface area contributed by atoms with Crippen molar-refractivity contribution < 1.29 is 95.7 Å². The molecule has 1 heterocycles. The summed E-state index contributed by atoms with van der Waals surface area (Å²) in [6.07, 6.45) is 10.1. The van der Waals surface area contributed by atoms with Crippen LogP contribution in [-0.4, -0.2) is 159 Å². The number of amidine groups is 1. The molecule has 1 radical (unpaired) electrons. The van der Waals surface area contributed by atoms with Gasteiger partial charge in [0.2, 0.25) is 29.5 Å². The number of hydrogen-bond donors (Lipinski definition) is 11. The average molecular weight is 1210 g/mol. The maximum absolute atomic E-state index is 12.1. The van der Waals surface area contributed by atoms with Gasteiger partial charge in [-0.15, -0.1) is 0 Å². The number of imidazole rings is 1. The number of carboxylic acid groups (broad SMARTS) is 1. The smallest absolute Gasteiger partial charge is 0.303 e. The fourth-order valence-corrected chi connectivity index (χ4v) is 7.82. The van der Waals surface area contributed by atoms with Gasteiger partial charge in [-0.1, -0.05) is 58.6 Å². The number of carbonyl (C=O) groups excluding carboxylic acids is 5. The fraction of sp³-hybridized carbons (Fsp3) is 0.685. The van der Waals surface area contributed by atoms with E-state index in [4.69, 9.17) is 57.3 Å². The third kappa shape index (κ3) is 35.1. The Hall–Kier alpha value is -4.83. The Kier molecular flexibility index (Phi) is 46.1. The van der Waals surface area contributed by atoms with Crippen molar-refractivity contribution >= 4 is 53.3 Å². The first-order valence-electron chi connectivity index (χ1n) is 27.3. The Morgan fingerprint density at radius 2 is 1.46 bits per heavy atom. The normalized spacial score (nSPS) is 13.0.